The van der Waals surface area contributed by atoms with E-state index in [0.717, 1.165) is 16.7 Å². The zero-order valence-electron chi connectivity index (χ0n) is 15.2. The van der Waals surface area contributed by atoms with Gasteiger partial charge in [0.2, 0.25) is 5.91 Å². The number of amides is 1. The van der Waals surface area contributed by atoms with Crippen molar-refractivity contribution >= 4 is 23.4 Å². The van der Waals surface area contributed by atoms with E-state index in [-0.39, 0.29) is 11.2 Å². The van der Waals surface area contributed by atoms with E-state index < -0.39 is 0 Å². The van der Waals surface area contributed by atoms with Gasteiger partial charge in [0.25, 0.3) is 0 Å². The lowest BCUT2D eigenvalue weighted by Gasteiger charge is -2.25. The van der Waals surface area contributed by atoms with Crippen molar-refractivity contribution in [2.75, 3.05) is 5.32 Å². The zero-order valence-corrected chi connectivity index (χ0v) is 16.0. The van der Waals surface area contributed by atoms with Crippen LogP contribution in [0.15, 0.2) is 29.4 Å². The predicted molar refractivity (Wildman–Crippen MR) is 102 cm³/mol. The summed E-state index contributed by atoms with van der Waals surface area (Å²) >= 11 is 1.49. The van der Waals surface area contributed by atoms with Gasteiger partial charge in [-0.1, -0.05) is 48.7 Å². The third kappa shape index (κ3) is 4.42. The number of anilines is 1. The first-order valence-electron chi connectivity index (χ1n) is 9.00. The molecule has 1 atom stereocenters. The van der Waals surface area contributed by atoms with Crippen LogP contribution < -0.4 is 5.32 Å². The molecule has 1 saturated carbocycles. The average molecular weight is 359 g/mol. The average Bonchev–Trinajstić information content (AvgIpc) is 2.98. The van der Waals surface area contributed by atoms with Crippen molar-refractivity contribution in [1.29, 1.82) is 0 Å². The normalized spacial score (nSPS) is 16.6. The van der Waals surface area contributed by atoms with Gasteiger partial charge >= 0.3 is 0 Å². The molecule has 2 aromatic rings. The molecule has 1 aliphatic rings. The van der Waals surface area contributed by atoms with Crippen molar-refractivity contribution in [3.05, 3.63) is 35.7 Å². The molecular weight excluding hydrogens is 332 g/mol. The van der Waals surface area contributed by atoms with Crippen LogP contribution in [-0.4, -0.2) is 25.9 Å². The largest absolute Gasteiger partial charge is 0.325 e. The summed E-state index contributed by atoms with van der Waals surface area (Å²) in [6, 6.07) is 8.32. The highest BCUT2D eigenvalue weighted by atomic mass is 32.2. The second kappa shape index (κ2) is 8.04. The highest BCUT2D eigenvalue weighted by Crippen LogP contribution is 2.33. The quantitative estimate of drug-likeness (QED) is 0.798. The third-order valence-electron chi connectivity index (χ3n) is 4.75. The fourth-order valence-electron chi connectivity index (χ4n) is 3.28. The second-order valence-electron chi connectivity index (χ2n) is 6.81. The Bertz CT molecular complexity index is 720. The molecule has 1 aliphatic carbocycles. The first-order chi connectivity index (χ1) is 12.0. The SMILES string of the molecule is Cc1ccc(NC(=O)[C@H](C)Sc2nnc(C)n2C2CCCCC2)cc1. The molecule has 5 nitrogen and oxygen atoms in total. The Kier molecular flexibility index (Phi) is 5.78. The van der Waals surface area contributed by atoms with Crippen LogP contribution in [0.2, 0.25) is 0 Å². The number of aryl methyl sites for hydroxylation is 2. The molecule has 25 heavy (non-hydrogen) atoms. The van der Waals surface area contributed by atoms with E-state index in [9.17, 15) is 4.79 Å². The molecule has 0 spiro atoms. The van der Waals surface area contributed by atoms with Gasteiger partial charge in [0, 0.05) is 11.7 Å². The summed E-state index contributed by atoms with van der Waals surface area (Å²) in [5.74, 6) is 0.935. The van der Waals surface area contributed by atoms with Gasteiger partial charge in [0.15, 0.2) is 5.16 Å². The summed E-state index contributed by atoms with van der Waals surface area (Å²) in [4.78, 5) is 12.5. The highest BCUT2D eigenvalue weighted by Gasteiger charge is 2.24. The number of nitrogens with one attached hydrogen (secondary N) is 1. The summed E-state index contributed by atoms with van der Waals surface area (Å²) in [5.41, 5.74) is 2.00. The summed E-state index contributed by atoms with van der Waals surface area (Å²) in [7, 11) is 0. The van der Waals surface area contributed by atoms with E-state index in [2.05, 4.69) is 20.1 Å². The second-order valence-corrected chi connectivity index (χ2v) is 8.11. The van der Waals surface area contributed by atoms with Gasteiger partial charge in [-0.25, -0.2) is 0 Å². The molecule has 0 saturated heterocycles. The number of aromatic nitrogens is 3. The zero-order chi connectivity index (χ0) is 17.8. The Morgan fingerprint density at radius 1 is 1.16 bits per heavy atom. The van der Waals surface area contributed by atoms with Crippen LogP contribution in [0, 0.1) is 13.8 Å². The van der Waals surface area contributed by atoms with Crippen molar-refractivity contribution < 1.29 is 4.79 Å². The number of hydrogen-bond acceptors (Lipinski definition) is 4. The summed E-state index contributed by atoms with van der Waals surface area (Å²) in [5, 5.41) is 12.2. The van der Waals surface area contributed by atoms with Crippen molar-refractivity contribution in [3.8, 4) is 0 Å². The number of thioether (sulfide) groups is 1. The molecule has 1 N–H and O–H groups in total. The first kappa shape index (κ1) is 18.0. The lowest BCUT2D eigenvalue weighted by molar-refractivity contribution is -0.115. The lowest BCUT2D eigenvalue weighted by atomic mass is 9.95. The monoisotopic (exact) mass is 358 g/mol. The van der Waals surface area contributed by atoms with Gasteiger partial charge in [-0.3, -0.25) is 4.79 Å². The summed E-state index contributed by atoms with van der Waals surface area (Å²) in [6.07, 6.45) is 6.19. The predicted octanol–water partition coefficient (Wildman–Crippen LogP) is 4.52. The van der Waals surface area contributed by atoms with E-state index in [1.807, 2.05) is 45.0 Å². The van der Waals surface area contributed by atoms with Crippen LogP contribution in [0.4, 0.5) is 5.69 Å². The van der Waals surface area contributed by atoms with E-state index in [1.54, 1.807) is 0 Å². The van der Waals surface area contributed by atoms with E-state index in [1.165, 1.54) is 49.4 Å². The van der Waals surface area contributed by atoms with Gasteiger partial charge < -0.3 is 9.88 Å². The minimum Gasteiger partial charge on any atom is -0.325 e. The number of carbonyl (C=O) groups is 1. The standard InChI is InChI=1S/C19H26N4OS/c1-13-9-11-16(12-10-13)20-18(24)14(2)25-19-22-21-15(3)23(19)17-7-5-4-6-8-17/h9-12,14,17H,4-8H2,1-3H3,(H,20,24)/t14-/m0/s1. The van der Waals surface area contributed by atoms with Crippen LogP contribution in [0.25, 0.3) is 0 Å². The number of nitrogens with zero attached hydrogens (tertiary/aromatic N) is 3. The van der Waals surface area contributed by atoms with Crippen LogP contribution in [0.3, 0.4) is 0 Å². The van der Waals surface area contributed by atoms with Gasteiger partial charge in [0.1, 0.15) is 5.82 Å². The molecule has 1 aromatic carbocycles. The fourth-order valence-corrected chi connectivity index (χ4v) is 4.25. The molecule has 0 unspecified atom stereocenters. The topological polar surface area (TPSA) is 59.8 Å². The van der Waals surface area contributed by atoms with Crippen LogP contribution in [0.5, 0.6) is 0 Å². The smallest absolute Gasteiger partial charge is 0.237 e. The van der Waals surface area contributed by atoms with Gasteiger partial charge in [0.05, 0.1) is 5.25 Å². The maximum atomic E-state index is 12.5. The molecule has 1 amide bonds. The number of carbonyl (C=O) groups excluding carboxylic acids is 1. The molecule has 6 heteroatoms. The summed E-state index contributed by atoms with van der Waals surface area (Å²) < 4.78 is 2.24. The van der Waals surface area contributed by atoms with Crippen molar-refractivity contribution in [2.24, 2.45) is 0 Å². The van der Waals surface area contributed by atoms with E-state index >= 15 is 0 Å². The Morgan fingerprint density at radius 3 is 2.52 bits per heavy atom. The van der Waals surface area contributed by atoms with Gasteiger partial charge in [-0.2, -0.15) is 0 Å². The van der Waals surface area contributed by atoms with Crippen LogP contribution in [-0.2, 0) is 4.79 Å². The Hall–Kier alpha value is -1.82. The lowest BCUT2D eigenvalue weighted by Crippen LogP contribution is -2.23. The molecule has 134 valence electrons. The Morgan fingerprint density at radius 2 is 1.84 bits per heavy atom. The summed E-state index contributed by atoms with van der Waals surface area (Å²) in [6.45, 7) is 5.95. The van der Waals surface area contributed by atoms with Crippen LogP contribution >= 0.6 is 11.8 Å². The third-order valence-corrected chi connectivity index (χ3v) is 5.80. The van der Waals surface area contributed by atoms with Crippen molar-refractivity contribution in [3.63, 3.8) is 0 Å². The van der Waals surface area contributed by atoms with Gasteiger partial charge in [-0.15, -0.1) is 10.2 Å². The Labute approximate surface area is 153 Å². The van der Waals surface area contributed by atoms with Crippen molar-refractivity contribution in [2.45, 2.75) is 69.3 Å². The molecule has 1 fully saturated rings. The minimum absolute atomic E-state index is 0.00954. The van der Waals surface area contributed by atoms with E-state index in [0.29, 0.717) is 6.04 Å². The number of hydrogen-bond donors (Lipinski definition) is 1. The molecule has 0 bridgehead atoms. The maximum Gasteiger partial charge on any atom is 0.237 e. The molecular formula is C19H26N4OS. The molecule has 1 aromatic heterocycles. The number of rotatable bonds is 5. The molecule has 0 aliphatic heterocycles. The van der Waals surface area contributed by atoms with Crippen LogP contribution in [0.1, 0.15) is 56.5 Å². The van der Waals surface area contributed by atoms with Gasteiger partial charge in [-0.05, 0) is 45.7 Å². The Balaban J connectivity index is 1.67. The fraction of sp³-hybridized carbons (Fsp3) is 0.526. The molecule has 3 rings (SSSR count). The highest BCUT2D eigenvalue weighted by molar-refractivity contribution is 8.00. The minimum atomic E-state index is -0.229. The number of benzene rings is 1. The maximum absolute atomic E-state index is 12.5. The van der Waals surface area contributed by atoms with Crippen molar-refractivity contribution in [1.82, 2.24) is 14.8 Å². The molecule has 0 radical (unpaired) electrons. The van der Waals surface area contributed by atoms with E-state index in [4.69, 9.17) is 0 Å². The first-order valence-corrected chi connectivity index (χ1v) is 9.88. The molecule has 1 heterocycles.